The van der Waals surface area contributed by atoms with Crippen LogP contribution in [0.3, 0.4) is 0 Å². The number of aromatic nitrogens is 1. The van der Waals surface area contributed by atoms with Gasteiger partial charge in [-0.25, -0.2) is 0 Å². The molecule has 0 atom stereocenters. The molecule has 1 N–H and O–H groups in total. The average molecular weight is 272 g/mol. The van der Waals surface area contributed by atoms with Crippen molar-refractivity contribution in [2.75, 3.05) is 6.54 Å². The number of nitrogens with zero attached hydrogens (tertiary/aromatic N) is 1. The number of hydrogen-bond acceptors (Lipinski definition) is 2. The van der Waals surface area contributed by atoms with Crippen molar-refractivity contribution in [3.63, 3.8) is 0 Å². The molecule has 0 unspecified atom stereocenters. The number of nitrogens with one attached hydrogen (secondary N) is 1. The van der Waals surface area contributed by atoms with E-state index in [2.05, 4.69) is 27.3 Å². The van der Waals surface area contributed by atoms with E-state index in [-0.39, 0.29) is 12.5 Å². The van der Waals surface area contributed by atoms with Crippen LogP contribution in [-0.2, 0) is 6.54 Å². The summed E-state index contributed by atoms with van der Waals surface area (Å²) < 4.78 is 2.15. The normalized spacial score (nSPS) is 10.2. The number of hydrogen-bond donors (Lipinski definition) is 1. The van der Waals surface area contributed by atoms with Crippen molar-refractivity contribution < 1.29 is 4.79 Å². The summed E-state index contributed by atoms with van der Waals surface area (Å²) in [5, 5.41) is 4.76. The molecule has 0 fully saturated rings. The van der Waals surface area contributed by atoms with Crippen LogP contribution in [0.25, 0.3) is 0 Å². The molecule has 0 spiro atoms. The van der Waals surface area contributed by atoms with Crippen molar-refractivity contribution in [3.8, 4) is 12.3 Å². The highest BCUT2D eigenvalue weighted by Crippen LogP contribution is 2.19. The number of terminal acetylenes is 1. The van der Waals surface area contributed by atoms with Crippen molar-refractivity contribution >= 4 is 17.2 Å². The first-order valence-corrected chi connectivity index (χ1v) is 6.92. The van der Waals surface area contributed by atoms with Crippen molar-refractivity contribution in [3.05, 3.63) is 45.4 Å². The van der Waals surface area contributed by atoms with E-state index in [4.69, 9.17) is 6.42 Å². The fourth-order valence-corrected chi connectivity index (χ4v) is 2.75. The molecular formula is C15H16N2OS. The van der Waals surface area contributed by atoms with Crippen LogP contribution in [0.5, 0.6) is 0 Å². The summed E-state index contributed by atoms with van der Waals surface area (Å²) in [4.78, 5) is 13.3. The predicted octanol–water partition coefficient (Wildman–Crippen LogP) is 2.58. The van der Waals surface area contributed by atoms with Gasteiger partial charge in [0, 0.05) is 16.3 Å². The van der Waals surface area contributed by atoms with Crippen molar-refractivity contribution in [2.45, 2.75) is 20.4 Å². The van der Waals surface area contributed by atoms with E-state index in [0.29, 0.717) is 5.56 Å². The van der Waals surface area contributed by atoms with Gasteiger partial charge in [-0.3, -0.25) is 4.79 Å². The van der Waals surface area contributed by atoms with Gasteiger partial charge in [0.1, 0.15) is 0 Å². The fraction of sp³-hybridized carbons (Fsp3) is 0.267. The molecule has 0 saturated carbocycles. The number of thiophene rings is 1. The minimum absolute atomic E-state index is 0.108. The molecule has 1 amide bonds. The average Bonchev–Trinajstić information content (AvgIpc) is 2.99. The smallest absolute Gasteiger partial charge is 0.253 e. The highest BCUT2D eigenvalue weighted by Gasteiger charge is 2.15. The van der Waals surface area contributed by atoms with E-state index >= 15 is 0 Å². The molecule has 98 valence electrons. The first kappa shape index (κ1) is 13.4. The lowest BCUT2D eigenvalue weighted by atomic mass is 10.2. The molecule has 0 bridgehead atoms. The molecule has 0 aliphatic carbocycles. The van der Waals surface area contributed by atoms with Gasteiger partial charge in [-0.05, 0) is 31.4 Å². The van der Waals surface area contributed by atoms with Gasteiger partial charge in [-0.15, -0.1) is 17.8 Å². The van der Waals surface area contributed by atoms with Crippen molar-refractivity contribution in [2.24, 2.45) is 0 Å². The number of rotatable bonds is 4. The summed E-state index contributed by atoms with van der Waals surface area (Å²) in [6.07, 6.45) is 5.15. The van der Waals surface area contributed by atoms with Crippen LogP contribution in [0.15, 0.2) is 23.6 Å². The van der Waals surface area contributed by atoms with E-state index in [1.165, 1.54) is 4.88 Å². The number of amides is 1. The molecule has 0 aromatic carbocycles. The summed E-state index contributed by atoms with van der Waals surface area (Å²) in [6.45, 7) is 5.04. The number of aryl methyl sites for hydroxylation is 1. The molecule has 0 radical (unpaired) electrons. The van der Waals surface area contributed by atoms with E-state index in [0.717, 1.165) is 17.9 Å². The van der Waals surface area contributed by atoms with E-state index < -0.39 is 0 Å². The Bertz CT molecular complexity index is 617. The molecule has 4 heteroatoms. The predicted molar refractivity (Wildman–Crippen MR) is 78.5 cm³/mol. The zero-order valence-electron chi connectivity index (χ0n) is 11.1. The SMILES string of the molecule is C#CCNC(=O)c1cc(C)n(Cc2cccs2)c1C. The molecule has 3 nitrogen and oxygen atoms in total. The summed E-state index contributed by atoms with van der Waals surface area (Å²) in [7, 11) is 0. The van der Waals surface area contributed by atoms with Gasteiger partial charge in [0.25, 0.3) is 5.91 Å². The first-order chi connectivity index (χ1) is 9.13. The number of carbonyl (C=O) groups excluding carboxylic acids is 1. The van der Waals surface area contributed by atoms with Gasteiger partial charge < -0.3 is 9.88 Å². The molecule has 19 heavy (non-hydrogen) atoms. The van der Waals surface area contributed by atoms with Crippen LogP contribution in [-0.4, -0.2) is 17.0 Å². The molecule has 0 aliphatic heterocycles. The monoisotopic (exact) mass is 272 g/mol. The quantitative estimate of drug-likeness (QED) is 0.853. The van der Waals surface area contributed by atoms with Crippen LogP contribution in [0.1, 0.15) is 26.6 Å². The summed E-state index contributed by atoms with van der Waals surface area (Å²) in [6, 6.07) is 6.05. The molecule has 2 aromatic rings. The third-order valence-electron chi connectivity index (χ3n) is 3.06. The Morgan fingerprint density at radius 1 is 1.53 bits per heavy atom. The lowest BCUT2D eigenvalue weighted by Gasteiger charge is -2.08. The van der Waals surface area contributed by atoms with Crippen LogP contribution in [0, 0.1) is 26.2 Å². The highest BCUT2D eigenvalue weighted by molar-refractivity contribution is 7.09. The minimum Gasteiger partial charge on any atom is -0.343 e. The largest absolute Gasteiger partial charge is 0.343 e. The second-order valence-electron chi connectivity index (χ2n) is 4.34. The van der Waals surface area contributed by atoms with Gasteiger partial charge in [-0.2, -0.15) is 0 Å². The Morgan fingerprint density at radius 2 is 2.32 bits per heavy atom. The van der Waals surface area contributed by atoms with E-state index in [1.54, 1.807) is 11.3 Å². The van der Waals surface area contributed by atoms with Gasteiger partial charge in [-0.1, -0.05) is 12.0 Å². The maximum absolute atomic E-state index is 12.0. The second kappa shape index (κ2) is 5.77. The summed E-state index contributed by atoms with van der Waals surface area (Å²) in [5.41, 5.74) is 2.75. The van der Waals surface area contributed by atoms with Crippen molar-refractivity contribution in [1.82, 2.24) is 9.88 Å². The second-order valence-corrected chi connectivity index (χ2v) is 5.37. The third kappa shape index (κ3) is 2.88. The molecular weight excluding hydrogens is 256 g/mol. The topological polar surface area (TPSA) is 34.0 Å². The summed E-state index contributed by atoms with van der Waals surface area (Å²) in [5.74, 6) is 2.30. The maximum Gasteiger partial charge on any atom is 0.253 e. The van der Waals surface area contributed by atoms with E-state index in [1.807, 2.05) is 26.0 Å². The lowest BCUT2D eigenvalue weighted by Crippen LogP contribution is -2.24. The Labute approximate surface area is 117 Å². The zero-order valence-corrected chi connectivity index (χ0v) is 11.9. The van der Waals surface area contributed by atoms with Crippen molar-refractivity contribution in [1.29, 1.82) is 0 Å². The molecule has 2 aromatic heterocycles. The first-order valence-electron chi connectivity index (χ1n) is 6.04. The third-order valence-corrected chi connectivity index (χ3v) is 3.92. The van der Waals surface area contributed by atoms with Gasteiger partial charge >= 0.3 is 0 Å². The molecule has 0 aliphatic rings. The van der Waals surface area contributed by atoms with Crippen LogP contribution >= 0.6 is 11.3 Å². The highest BCUT2D eigenvalue weighted by atomic mass is 32.1. The molecule has 0 saturated heterocycles. The molecule has 2 heterocycles. The fourth-order valence-electron chi connectivity index (χ4n) is 2.06. The minimum atomic E-state index is -0.108. The number of carbonyl (C=O) groups is 1. The summed E-state index contributed by atoms with van der Waals surface area (Å²) >= 11 is 1.72. The maximum atomic E-state index is 12.0. The zero-order chi connectivity index (χ0) is 13.8. The van der Waals surface area contributed by atoms with Crippen LogP contribution < -0.4 is 5.32 Å². The van der Waals surface area contributed by atoms with Gasteiger partial charge in [0.15, 0.2) is 0 Å². The van der Waals surface area contributed by atoms with E-state index in [9.17, 15) is 4.79 Å². The Balaban J connectivity index is 2.24. The Morgan fingerprint density at radius 3 is 2.95 bits per heavy atom. The van der Waals surface area contributed by atoms with Gasteiger partial charge in [0.2, 0.25) is 0 Å². The van der Waals surface area contributed by atoms with Crippen LogP contribution in [0.2, 0.25) is 0 Å². The van der Waals surface area contributed by atoms with Gasteiger partial charge in [0.05, 0.1) is 18.7 Å². The Hall–Kier alpha value is -1.99. The molecule has 2 rings (SSSR count). The standard InChI is InChI=1S/C15H16N2OS/c1-4-7-16-15(18)14-9-11(2)17(12(14)3)10-13-6-5-8-19-13/h1,5-6,8-9H,7,10H2,2-3H3,(H,16,18). The lowest BCUT2D eigenvalue weighted by molar-refractivity contribution is 0.0958. The van der Waals surface area contributed by atoms with Crippen LogP contribution in [0.4, 0.5) is 0 Å². The Kier molecular flexibility index (Phi) is 4.08.